The molecule has 2 heterocycles. The third kappa shape index (κ3) is 6.41. The monoisotopic (exact) mass is 575 g/mol. The second-order valence-electron chi connectivity index (χ2n) is 11.2. The van der Waals surface area contributed by atoms with Gasteiger partial charge in [0.1, 0.15) is 17.1 Å². The molecule has 1 aliphatic rings. The molecule has 41 heavy (non-hydrogen) atoms. The number of furan rings is 1. The molecule has 1 aliphatic carbocycles. The van der Waals surface area contributed by atoms with Gasteiger partial charge < -0.3 is 19.4 Å². The minimum absolute atomic E-state index is 0.0747. The number of imidazole rings is 1. The van der Waals surface area contributed by atoms with Crippen LogP contribution >= 0.6 is 11.6 Å². The van der Waals surface area contributed by atoms with Crippen LogP contribution in [-0.4, -0.2) is 33.0 Å². The fraction of sp³-hybridized carbons (Fsp3) is 0.424. The van der Waals surface area contributed by atoms with Crippen LogP contribution in [0.5, 0.6) is 0 Å². The number of unbranched alkanes of at least 4 members (excludes halogenated alkanes) is 1. The van der Waals surface area contributed by atoms with Gasteiger partial charge in [-0.2, -0.15) is 0 Å². The van der Waals surface area contributed by atoms with E-state index in [2.05, 4.69) is 17.2 Å². The van der Waals surface area contributed by atoms with Crippen molar-refractivity contribution >= 4 is 34.8 Å². The molecular formula is C33H38ClN3O4. The number of hydrogen-bond acceptors (Lipinski definition) is 5. The predicted molar refractivity (Wildman–Crippen MR) is 160 cm³/mol. The van der Waals surface area contributed by atoms with Crippen molar-refractivity contribution in [2.24, 2.45) is 5.92 Å². The van der Waals surface area contributed by atoms with E-state index in [1.165, 1.54) is 0 Å². The minimum atomic E-state index is -0.772. The normalized spacial score (nSPS) is 16.1. The van der Waals surface area contributed by atoms with E-state index in [1.54, 1.807) is 13.2 Å². The molecule has 1 amide bonds. The number of aldehydes is 1. The number of fused-ring (bicyclic) bond motifs is 1. The van der Waals surface area contributed by atoms with Crippen molar-refractivity contribution in [3.63, 3.8) is 0 Å². The number of halogens is 1. The second-order valence-corrected chi connectivity index (χ2v) is 11.6. The zero-order valence-corrected chi connectivity index (χ0v) is 24.4. The molecule has 1 fully saturated rings. The van der Waals surface area contributed by atoms with Crippen LogP contribution in [-0.2, 0) is 17.8 Å². The van der Waals surface area contributed by atoms with E-state index < -0.39 is 12.1 Å². The maximum Gasteiger partial charge on any atom is 0.228 e. The molecule has 2 aromatic carbocycles. The van der Waals surface area contributed by atoms with E-state index in [-0.39, 0.29) is 22.9 Å². The topological polar surface area (TPSA) is 97.4 Å². The zero-order chi connectivity index (χ0) is 28.9. The molecule has 0 saturated heterocycles. The van der Waals surface area contributed by atoms with Crippen LogP contribution in [0.25, 0.3) is 11.0 Å². The third-order valence-electron chi connectivity index (χ3n) is 8.36. The van der Waals surface area contributed by atoms with Gasteiger partial charge in [-0.15, -0.1) is 0 Å². The Balaban J connectivity index is 1.39. The van der Waals surface area contributed by atoms with Crippen LogP contribution in [0.3, 0.4) is 0 Å². The first-order chi connectivity index (χ1) is 19.9. The molecule has 0 spiro atoms. The molecule has 0 radical (unpaired) electrons. The van der Waals surface area contributed by atoms with Gasteiger partial charge in [0, 0.05) is 18.4 Å². The quantitative estimate of drug-likeness (QED) is 0.177. The van der Waals surface area contributed by atoms with Gasteiger partial charge in [0.15, 0.2) is 11.4 Å². The van der Waals surface area contributed by atoms with Crippen molar-refractivity contribution in [2.75, 3.05) is 0 Å². The van der Waals surface area contributed by atoms with Crippen molar-refractivity contribution in [2.45, 2.75) is 83.4 Å². The number of nitrogens with one attached hydrogen (secondary N) is 1. The van der Waals surface area contributed by atoms with Crippen LogP contribution in [0.4, 0.5) is 0 Å². The first-order valence-electron chi connectivity index (χ1n) is 14.6. The fourth-order valence-electron chi connectivity index (χ4n) is 6.14. The molecule has 5 rings (SSSR count). The summed E-state index contributed by atoms with van der Waals surface area (Å²) in [7, 11) is 0. The van der Waals surface area contributed by atoms with E-state index in [1.807, 2.05) is 53.1 Å². The summed E-state index contributed by atoms with van der Waals surface area (Å²) in [4.78, 5) is 30.1. The predicted octanol–water partition coefficient (Wildman–Crippen LogP) is 7.00. The highest BCUT2D eigenvalue weighted by atomic mass is 35.5. The highest BCUT2D eigenvalue weighted by Gasteiger charge is 2.34. The molecular weight excluding hydrogens is 538 g/mol. The Morgan fingerprint density at radius 2 is 1.90 bits per heavy atom. The summed E-state index contributed by atoms with van der Waals surface area (Å²) in [6.07, 6.45) is 8.59. The Hall–Kier alpha value is -3.42. The number of aliphatic hydroxyl groups is 1. The lowest BCUT2D eigenvalue weighted by molar-refractivity contribution is -0.125. The molecule has 2 aromatic heterocycles. The number of carbonyl (C=O) groups excluding carboxylic acids is 2. The summed E-state index contributed by atoms with van der Waals surface area (Å²) in [6.45, 7) is 4.30. The first kappa shape index (κ1) is 29.1. The Kier molecular flexibility index (Phi) is 9.25. The summed E-state index contributed by atoms with van der Waals surface area (Å²) in [5.74, 6) is 0.652. The molecule has 216 valence electrons. The number of amides is 1. The number of nitrogens with zero attached hydrogens (tertiary/aromatic N) is 2. The van der Waals surface area contributed by atoms with Crippen LogP contribution in [0.15, 0.2) is 59.2 Å². The number of aryl methyl sites for hydroxylation is 1. The van der Waals surface area contributed by atoms with Crippen molar-refractivity contribution < 1.29 is 19.1 Å². The summed E-state index contributed by atoms with van der Waals surface area (Å²) < 4.78 is 7.36. The minimum Gasteiger partial charge on any atom is -0.464 e. The fourth-order valence-corrected chi connectivity index (χ4v) is 6.39. The largest absolute Gasteiger partial charge is 0.464 e. The number of hydrogen-bond donors (Lipinski definition) is 2. The molecule has 3 atom stereocenters. The summed E-state index contributed by atoms with van der Waals surface area (Å²) in [5.41, 5.74) is 3.96. The molecule has 3 unspecified atom stereocenters. The van der Waals surface area contributed by atoms with Gasteiger partial charge in [-0.1, -0.05) is 68.1 Å². The Morgan fingerprint density at radius 1 is 1.17 bits per heavy atom. The molecule has 7 nitrogen and oxygen atoms in total. The second kappa shape index (κ2) is 13.0. The van der Waals surface area contributed by atoms with Crippen LogP contribution < -0.4 is 5.32 Å². The third-order valence-corrected chi connectivity index (χ3v) is 8.63. The van der Waals surface area contributed by atoms with Crippen LogP contribution in [0.2, 0.25) is 5.15 Å². The zero-order valence-electron chi connectivity index (χ0n) is 23.7. The molecule has 8 heteroatoms. The lowest BCUT2D eigenvalue weighted by Crippen LogP contribution is -2.39. The maximum atomic E-state index is 13.9. The van der Waals surface area contributed by atoms with E-state index in [0.29, 0.717) is 12.2 Å². The Bertz CT molecular complexity index is 1480. The van der Waals surface area contributed by atoms with Gasteiger partial charge in [-0.25, -0.2) is 4.98 Å². The van der Waals surface area contributed by atoms with Gasteiger partial charge in [-0.05, 0) is 67.0 Å². The van der Waals surface area contributed by atoms with Crippen molar-refractivity contribution in [1.29, 1.82) is 0 Å². The number of aromatic nitrogens is 2. The first-order valence-corrected chi connectivity index (χ1v) is 15.0. The number of carbonyl (C=O) groups is 2. The highest BCUT2D eigenvalue weighted by Crippen LogP contribution is 2.38. The average molecular weight is 576 g/mol. The van der Waals surface area contributed by atoms with E-state index >= 15 is 0 Å². The van der Waals surface area contributed by atoms with Crippen LogP contribution in [0.1, 0.15) is 97.3 Å². The molecule has 2 N–H and O–H groups in total. The Morgan fingerprint density at radius 3 is 2.59 bits per heavy atom. The molecule has 1 saturated carbocycles. The van der Waals surface area contributed by atoms with Gasteiger partial charge in [-0.3, -0.25) is 9.59 Å². The standard InChI is InChI=1S/C33H38ClN3O4/c1-3-4-9-29-35-32(34)27(20-38)37(29)19-22-10-12-24(13-11-22)30(23-7-5-6-8-23)33(40)36-31(21(2)39)26-14-15-28-25(18-26)16-17-41-28/h10-18,20-21,23,30-31,39H,3-9,19H2,1-2H3,(H,36,40). The molecule has 4 aromatic rings. The summed E-state index contributed by atoms with van der Waals surface area (Å²) in [6, 6.07) is 15.2. The number of benzene rings is 2. The van der Waals surface area contributed by atoms with E-state index in [4.69, 9.17) is 16.0 Å². The molecule has 0 bridgehead atoms. The lowest BCUT2D eigenvalue weighted by atomic mass is 9.83. The van der Waals surface area contributed by atoms with E-state index in [0.717, 1.165) is 84.7 Å². The van der Waals surface area contributed by atoms with Crippen molar-refractivity contribution in [1.82, 2.24) is 14.9 Å². The average Bonchev–Trinajstić information content (AvgIpc) is 3.72. The summed E-state index contributed by atoms with van der Waals surface area (Å²) >= 11 is 6.27. The maximum absolute atomic E-state index is 13.9. The number of rotatable bonds is 12. The van der Waals surface area contributed by atoms with Gasteiger partial charge in [0.25, 0.3) is 0 Å². The number of aliphatic hydroxyl groups excluding tert-OH is 1. The van der Waals surface area contributed by atoms with Gasteiger partial charge >= 0.3 is 0 Å². The van der Waals surface area contributed by atoms with E-state index in [9.17, 15) is 14.7 Å². The molecule has 0 aliphatic heterocycles. The van der Waals surface area contributed by atoms with Gasteiger partial charge in [0.05, 0.1) is 24.3 Å². The van der Waals surface area contributed by atoms with Crippen molar-refractivity contribution in [3.05, 3.63) is 88.2 Å². The lowest BCUT2D eigenvalue weighted by Gasteiger charge is -2.28. The van der Waals surface area contributed by atoms with Gasteiger partial charge in [0.2, 0.25) is 5.91 Å². The Labute approximate surface area is 245 Å². The summed E-state index contributed by atoms with van der Waals surface area (Å²) in [5, 5.41) is 15.0. The van der Waals surface area contributed by atoms with Crippen LogP contribution in [0, 0.1) is 5.92 Å². The van der Waals surface area contributed by atoms with Crippen molar-refractivity contribution in [3.8, 4) is 0 Å². The SMILES string of the molecule is CCCCc1nc(Cl)c(C=O)n1Cc1ccc(C(C(=O)NC(c2ccc3occc3c2)C(C)O)C2CCCC2)cc1. The smallest absolute Gasteiger partial charge is 0.228 e. The highest BCUT2D eigenvalue weighted by molar-refractivity contribution is 6.31.